The molecule has 15 heavy (non-hydrogen) atoms. The molecule has 1 aliphatic heterocycles. The SMILES string of the molecule is Cc1nc2cc3c(cc2[nH]1)CN(C)CC3.[HH]. The van der Waals surface area contributed by atoms with E-state index < -0.39 is 0 Å². The molecular formula is C12H17N3. The Bertz CT molecular complexity index is 518. The molecule has 0 amide bonds. The largest absolute Gasteiger partial charge is 0.342 e. The zero-order valence-electron chi connectivity index (χ0n) is 9.17. The van der Waals surface area contributed by atoms with Crippen molar-refractivity contribution >= 4 is 11.0 Å². The van der Waals surface area contributed by atoms with Gasteiger partial charge in [0, 0.05) is 14.5 Å². The summed E-state index contributed by atoms with van der Waals surface area (Å²) in [6, 6.07) is 4.49. The van der Waals surface area contributed by atoms with Crippen molar-refractivity contribution in [2.24, 2.45) is 0 Å². The van der Waals surface area contributed by atoms with Crippen LogP contribution >= 0.6 is 0 Å². The average Bonchev–Trinajstić information content (AvgIpc) is 2.53. The second-order valence-corrected chi connectivity index (χ2v) is 4.45. The van der Waals surface area contributed by atoms with Crippen molar-refractivity contribution in [3.05, 3.63) is 29.1 Å². The van der Waals surface area contributed by atoms with Crippen molar-refractivity contribution < 1.29 is 1.43 Å². The monoisotopic (exact) mass is 203 g/mol. The lowest BCUT2D eigenvalue weighted by Crippen LogP contribution is -2.26. The Morgan fingerprint density at radius 2 is 2.27 bits per heavy atom. The van der Waals surface area contributed by atoms with Crippen LogP contribution in [-0.4, -0.2) is 28.5 Å². The van der Waals surface area contributed by atoms with E-state index in [9.17, 15) is 0 Å². The standard InChI is InChI=1S/C12H15N3.H2/c1-8-13-11-5-9-3-4-15(2)7-10(9)6-12(11)14-8;/h5-6H,3-4,7H2,1-2H3,(H,13,14);1H. The maximum Gasteiger partial charge on any atom is 0.104 e. The topological polar surface area (TPSA) is 31.9 Å². The first kappa shape index (κ1) is 8.92. The lowest BCUT2D eigenvalue weighted by Gasteiger charge is -2.24. The molecule has 2 heterocycles. The smallest absolute Gasteiger partial charge is 0.104 e. The van der Waals surface area contributed by atoms with Crippen molar-refractivity contribution in [2.75, 3.05) is 13.6 Å². The lowest BCUT2D eigenvalue weighted by atomic mass is 9.99. The Hall–Kier alpha value is -1.35. The van der Waals surface area contributed by atoms with Crippen LogP contribution in [0, 0.1) is 6.92 Å². The van der Waals surface area contributed by atoms with Gasteiger partial charge < -0.3 is 9.88 Å². The fourth-order valence-corrected chi connectivity index (χ4v) is 2.33. The van der Waals surface area contributed by atoms with Gasteiger partial charge in [0.15, 0.2) is 0 Å². The van der Waals surface area contributed by atoms with Crippen LogP contribution in [0.25, 0.3) is 11.0 Å². The molecule has 3 heteroatoms. The number of benzene rings is 1. The van der Waals surface area contributed by atoms with Gasteiger partial charge in [0.1, 0.15) is 5.82 Å². The molecule has 0 bridgehead atoms. The minimum atomic E-state index is 0. The van der Waals surface area contributed by atoms with Crippen LogP contribution in [0.1, 0.15) is 18.4 Å². The molecule has 0 unspecified atom stereocenters. The second-order valence-electron chi connectivity index (χ2n) is 4.45. The maximum atomic E-state index is 4.47. The number of hydrogen-bond donors (Lipinski definition) is 1. The second kappa shape index (κ2) is 3.07. The highest BCUT2D eigenvalue weighted by atomic mass is 15.1. The van der Waals surface area contributed by atoms with Crippen LogP contribution in [0.5, 0.6) is 0 Å². The predicted molar refractivity (Wildman–Crippen MR) is 63.0 cm³/mol. The molecule has 0 saturated carbocycles. The minimum absolute atomic E-state index is 0. The van der Waals surface area contributed by atoms with E-state index >= 15 is 0 Å². The molecule has 0 saturated heterocycles. The Balaban J connectivity index is 0.000000963. The van der Waals surface area contributed by atoms with Crippen LogP contribution in [0.4, 0.5) is 0 Å². The number of fused-ring (bicyclic) bond motifs is 2. The maximum absolute atomic E-state index is 4.47. The number of aromatic amines is 1. The summed E-state index contributed by atoms with van der Waals surface area (Å²) in [6.07, 6.45) is 1.15. The number of imidazole rings is 1. The van der Waals surface area contributed by atoms with Gasteiger partial charge in [0.05, 0.1) is 11.0 Å². The van der Waals surface area contributed by atoms with Crippen LogP contribution in [0.15, 0.2) is 12.1 Å². The fourth-order valence-electron chi connectivity index (χ4n) is 2.33. The van der Waals surface area contributed by atoms with Crippen molar-refractivity contribution in [1.82, 2.24) is 14.9 Å². The van der Waals surface area contributed by atoms with E-state index in [-0.39, 0.29) is 1.43 Å². The van der Waals surface area contributed by atoms with Crippen molar-refractivity contribution in [3.8, 4) is 0 Å². The molecule has 1 aromatic carbocycles. The molecule has 0 fully saturated rings. The van der Waals surface area contributed by atoms with E-state index in [1.54, 1.807) is 0 Å². The van der Waals surface area contributed by atoms with E-state index in [2.05, 4.69) is 34.0 Å². The molecule has 0 aliphatic carbocycles. The van der Waals surface area contributed by atoms with Crippen LogP contribution < -0.4 is 0 Å². The Labute approximate surface area is 90.6 Å². The van der Waals surface area contributed by atoms with Crippen LogP contribution in [-0.2, 0) is 13.0 Å². The summed E-state index contributed by atoms with van der Waals surface area (Å²) in [5.74, 6) is 1.00. The van der Waals surface area contributed by atoms with E-state index in [0.717, 1.165) is 30.9 Å². The predicted octanol–water partition coefficient (Wildman–Crippen LogP) is 2.11. The molecular weight excluding hydrogens is 186 g/mol. The Kier molecular flexibility index (Phi) is 1.83. The van der Waals surface area contributed by atoms with E-state index in [1.807, 2.05) is 6.92 Å². The molecule has 80 valence electrons. The number of H-pyrrole nitrogens is 1. The van der Waals surface area contributed by atoms with Gasteiger partial charge in [-0.15, -0.1) is 0 Å². The van der Waals surface area contributed by atoms with Crippen molar-refractivity contribution in [2.45, 2.75) is 19.9 Å². The summed E-state index contributed by atoms with van der Waals surface area (Å²) in [4.78, 5) is 10.1. The van der Waals surface area contributed by atoms with Gasteiger partial charge in [-0.25, -0.2) is 4.98 Å². The first-order valence-corrected chi connectivity index (χ1v) is 5.39. The molecule has 1 aromatic heterocycles. The lowest BCUT2D eigenvalue weighted by molar-refractivity contribution is 0.313. The highest BCUT2D eigenvalue weighted by Crippen LogP contribution is 2.23. The van der Waals surface area contributed by atoms with E-state index in [1.165, 1.54) is 16.6 Å². The molecule has 3 nitrogen and oxygen atoms in total. The normalized spacial score (nSPS) is 16.9. The summed E-state index contributed by atoms with van der Waals surface area (Å²) in [5.41, 5.74) is 5.18. The van der Waals surface area contributed by atoms with E-state index in [4.69, 9.17) is 0 Å². The summed E-state index contributed by atoms with van der Waals surface area (Å²) in [7, 11) is 2.17. The van der Waals surface area contributed by atoms with Gasteiger partial charge in [-0.1, -0.05) is 0 Å². The van der Waals surface area contributed by atoms with Crippen molar-refractivity contribution in [1.29, 1.82) is 0 Å². The van der Waals surface area contributed by atoms with Gasteiger partial charge in [0.25, 0.3) is 0 Å². The molecule has 1 aliphatic rings. The summed E-state index contributed by atoms with van der Waals surface area (Å²) in [5, 5.41) is 0. The first-order valence-electron chi connectivity index (χ1n) is 5.39. The molecule has 0 atom stereocenters. The molecule has 2 aromatic rings. The third-order valence-electron chi connectivity index (χ3n) is 3.12. The minimum Gasteiger partial charge on any atom is -0.342 e. The average molecular weight is 203 g/mol. The zero-order chi connectivity index (χ0) is 10.4. The Morgan fingerprint density at radius 3 is 3.13 bits per heavy atom. The van der Waals surface area contributed by atoms with E-state index in [0.29, 0.717) is 0 Å². The van der Waals surface area contributed by atoms with Gasteiger partial charge >= 0.3 is 0 Å². The molecule has 0 radical (unpaired) electrons. The summed E-state index contributed by atoms with van der Waals surface area (Å²) < 4.78 is 0. The van der Waals surface area contributed by atoms with Gasteiger partial charge in [-0.05, 0) is 43.7 Å². The highest BCUT2D eigenvalue weighted by molar-refractivity contribution is 5.77. The summed E-state index contributed by atoms with van der Waals surface area (Å²) in [6.45, 7) is 4.22. The number of nitrogens with zero attached hydrogens (tertiary/aromatic N) is 2. The van der Waals surface area contributed by atoms with Crippen LogP contribution in [0.3, 0.4) is 0 Å². The Morgan fingerprint density at radius 1 is 1.40 bits per heavy atom. The number of likely N-dealkylation sites (N-methyl/N-ethyl adjacent to an activating group) is 1. The molecule has 3 rings (SSSR count). The zero-order valence-corrected chi connectivity index (χ0v) is 9.17. The number of rotatable bonds is 0. The highest BCUT2D eigenvalue weighted by Gasteiger charge is 2.14. The third-order valence-corrected chi connectivity index (χ3v) is 3.12. The van der Waals surface area contributed by atoms with Crippen LogP contribution in [0.2, 0.25) is 0 Å². The number of aryl methyl sites for hydroxylation is 1. The summed E-state index contributed by atoms with van der Waals surface area (Å²) >= 11 is 0. The number of hydrogen-bond acceptors (Lipinski definition) is 2. The van der Waals surface area contributed by atoms with Gasteiger partial charge in [0.2, 0.25) is 0 Å². The quantitative estimate of drug-likeness (QED) is 0.711. The first-order chi connectivity index (χ1) is 7.22. The van der Waals surface area contributed by atoms with Gasteiger partial charge in [-0.2, -0.15) is 0 Å². The number of aromatic nitrogens is 2. The molecule has 0 spiro atoms. The van der Waals surface area contributed by atoms with Crippen molar-refractivity contribution in [3.63, 3.8) is 0 Å². The third kappa shape index (κ3) is 1.43. The van der Waals surface area contributed by atoms with Gasteiger partial charge in [-0.3, -0.25) is 0 Å². The fraction of sp³-hybridized carbons (Fsp3) is 0.417. The number of nitrogens with one attached hydrogen (secondary N) is 1. The molecule has 1 N–H and O–H groups in total.